The molecule has 0 bridgehead atoms. The van der Waals surface area contributed by atoms with Gasteiger partial charge in [-0.25, -0.2) is 13.2 Å². The Labute approximate surface area is 111 Å². The Morgan fingerprint density at radius 1 is 1.26 bits per heavy atom. The van der Waals surface area contributed by atoms with E-state index in [1.54, 1.807) is 12.1 Å². The number of nitrogens with one attached hydrogen (secondary N) is 1. The maximum absolute atomic E-state index is 11.9. The van der Waals surface area contributed by atoms with Gasteiger partial charge in [0.2, 0.25) is 10.0 Å². The zero-order chi connectivity index (χ0) is 14.6. The second-order valence-corrected chi connectivity index (χ2v) is 5.83. The molecular formula is C12H15NO5S. The molecule has 6 nitrogen and oxygen atoms in total. The number of carbonyl (C=O) groups excluding carboxylic acids is 2. The van der Waals surface area contributed by atoms with Crippen molar-refractivity contribution >= 4 is 27.5 Å². The number of Topliss-reactive ketones (excluding diaryl/α,β-unsaturated/α-hetero) is 1. The highest BCUT2D eigenvalue weighted by Crippen LogP contribution is 2.18. The second kappa shape index (κ2) is 5.83. The van der Waals surface area contributed by atoms with Crippen LogP contribution in [0.5, 0.6) is 0 Å². The summed E-state index contributed by atoms with van der Waals surface area (Å²) in [6, 6.07) is 6.01. The third-order valence-corrected chi connectivity index (χ3v) is 2.89. The van der Waals surface area contributed by atoms with Gasteiger partial charge in [0.05, 0.1) is 17.5 Å². The summed E-state index contributed by atoms with van der Waals surface area (Å²) in [7, 11) is -3.50. The summed E-state index contributed by atoms with van der Waals surface area (Å²) in [6.45, 7) is 2.76. The molecule has 19 heavy (non-hydrogen) atoms. The first-order chi connectivity index (χ1) is 8.70. The molecule has 0 spiro atoms. The summed E-state index contributed by atoms with van der Waals surface area (Å²) < 4.78 is 29.5. The Morgan fingerprint density at radius 2 is 1.84 bits per heavy atom. The molecule has 0 heterocycles. The lowest BCUT2D eigenvalue weighted by atomic mass is 10.2. The molecule has 0 aliphatic carbocycles. The van der Waals surface area contributed by atoms with E-state index in [1.165, 1.54) is 26.0 Å². The topological polar surface area (TPSA) is 89.5 Å². The first-order valence-electron chi connectivity index (χ1n) is 5.49. The third-order valence-electron chi connectivity index (χ3n) is 2.30. The van der Waals surface area contributed by atoms with Crippen molar-refractivity contribution in [1.29, 1.82) is 0 Å². The second-order valence-electron chi connectivity index (χ2n) is 4.08. The first-order valence-corrected chi connectivity index (χ1v) is 7.38. The van der Waals surface area contributed by atoms with E-state index in [1.807, 2.05) is 0 Å². The lowest BCUT2D eigenvalue weighted by Gasteiger charge is -2.13. The average molecular weight is 285 g/mol. The number of carbonyl (C=O) groups is 2. The minimum absolute atomic E-state index is 0.0565. The maximum Gasteiger partial charge on any atom is 0.340 e. The highest BCUT2D eigenvalue weighted by atomic mass is 32.2. The molecule has 0 saturated heterocycles. The Kier molecular flexibility index (Phi) is 4.66. The SMILES string of the molecule is CC(=O)C(C)OC(=O)c1ccccc1NS(C)(=O)=O. The van der Waals surface area contributed by atoms with E-state index in [0.717, 1.165) is 6.26 Å². The van der Waals surface area contributed by atoms with Gasteiger partial charge >= 0.3 is 5.97 Å². The fourth-order valence-electron chi connectivity index (χ4n) is 1.26. The molecule has 0 radical (unpaired) electrons. The van der Waals surface area contributed by atoms with Crippen LogP contribution >= 0.6 is 0 Å². The van der Waals surface area contributed by atoms with Crippen molar-refractivity contribution in [3.63, 3.8) is 0 Å². The predicted molar refractivity (Wildman–Crippen MR) is 70.5 cm³/mol. The summed E-state index contributed by atoms with van der Waals surface area (Å²) in [5.74, 6) is -1.05. The Balaban J connectivity index is 3.00. The largest absolute Gasteiger partial charge is 0.451 e. The molecular weight excluding hydrogens is 270 g/mol. The zero-order valence-electron chi connectivity index (χ0n) is 10.8. The van der Waals surface area contributed by atoms with Gasteiger partial charge in [-0.05, 0) is 26.0 Å². The standard InChI is InChI=1S/C12H15NO5S/c1-8(14)9(2)18-12(15)10-6-4-5-7-11(10)13-19(3,16)17/h4-7,9,13H,1-3H3. The molecule has 0 aliphatic heterocycles. The van der Waals surface area contributed by atoms with Crippen molar-refractivity contribution in [2.45, 2.75) is 20.0 Å². The van der Waals surface area contributed by atoms with Crippen molar-refractivity contribution in [2.24, 2.45) is 0 Å². The highest BCUT2D eigenvalue weighted by molar-refractivity contribution is 7.92. The van der Waals surface area contributed by atoms with E-state index in [2.05, 4.69) is 4.72 Å². The fraction of sp³-hybridized carbons (Fsp3) is 0.333. The monoisotopic (exact) mass is 285 g/mol. The van der Waals surface area contributed by atoms with Crippen LogP contribution in [0.1, 0.15) is 24.2 Å². The lowest BCUT2D eigenvalue weighted by Crippen LogP contribution is -2.23. The number of ether oxygens (including phenoxy) is 1. The number of benzene rings is 1. The van der Waals surface area contributed by atoms with Gasteiger partial charge in [0, 0.05) is 0 Å². The van der Waals surface area contributed by atoms with E-state index >= 15 is 0 Å². The van der Waals surface area contributed by atoms with Crippen LogP contribution in [0.3, 0.4) is 0 Å². The number of hydrogen-bond acceptors (Lipinski definition) is 5. The third kappa shape index (κ3) is 4.70. The van der Waals surface area contributed by atoms with E-state index in [0.29, 0.717) is 0 Å². The molecule has 0 fully saturated rings. The van der Waals surface area contributed by atoms with E-state index in [9.17, 15) is 18.0 Å². The number of hydrogen-bond donors (Lipinski definition) is 1. The molecule has 1 rings (SSSR count). The molecule has 0 aliphatic rings. The number of sulfonamides is 1. The van der Waals surface area contributed by atoms with Gasteiger partial charge in [0.25, 0.3) is 0 Å². The quantitative estimate of drug-likeness (QED) is 0.821. The van der Waals surface area contributed by atoms with Crippen LogP contribution < -0.4 is 4.72 Å². The molecule has 104 valence electrons. The Hall–Kier alpha value is -1.89. The molecule has 0 amide bonds. The van der Waals surface area contributed by atoms with Crippen LogP contribution in [0.4, 0.5) is 5.69 Å². The van der Waals surface area contributed by atoms with Crippen molar-refractivity contribution in [3.8, 4) is 0 Å². The Morgan fingerprint density at radius 3 is 2.37 bits per heavy atom. The number of esters is 1. The predicted octanol–water partition coefficient (Wildman–Crippen LogP) is 1.19. The summed E-state index contributed by atoms with van der Waals surface area (Å²) in [5.41, 5.74) is 0.173. The fourth-order valence-corrected chi connectivity index (χ4v) is 1.83. The highest BCUT2D eigenvalue weighted by Gasteiger charge is 2.19. The smallest absolute Gasteiger partial charge is 0.340 e. The molecule has 1 unspecified atom stereocenters. The molecule has 1 aromatic carbocycles. The minimum Gasteiger partial charge on any atom is -0.451 e. The molecule has 7 heteroatoms. The minimum atomic E-state index is -3.50. The lowest BCUT2D eigenvalue weighted by molar-refractivity contribution is -0.124. The maximum atomic E-state index is 11.9. The Bertz CT molecular complexity index is 594. The van der Waals surface area contributed by atoms with Gasteiger partial charge in [0.15, 0.2) is 11.9 Å². The van der Waals surface area contributed by atoms with Crippen LogP contribution in [-0.2, 0) is 19.6 Å². The van der Waals surface area contributed by atoms with Gasteiger partial charge in [0.1, 0.15) is 0 Å². The first kappa shape index (κ1) is 15.2. The van der Waals surface area contributed by atoms with Crippen molar-refractivity contribution in [3.05, 3.63) is 29.8 Å². The molecule has 0 saturated carbocycles. The van der Waals surface area contributed by atoms with Crippen molar-refractivity contribution < 1.29 is 22.7 Å². The van der Waals surface area contributed by atoms with Gasteiger partial charge in [-0.3, -0.25) is 9.52 Å². The number of ketones is 1. The molecule has 1 aromatic rings. The van der Waals surface area contributed by atoms with Crippen LogP contribution in [0.2, 0.25) is 0 Å². The van der Waals surface area contributed by atoms with Crippen LogP contribution in [0.25, 0.3) is 0 Å². The van der Waals surface area contributed by atoms with Crippen LogP contribution in [-0.4, -0.2) is 32.5 Å². The van der Waals surface area contributed by atoms with Crippen molar-refractivity contribution in [2.75, 3.05) is 11.0 Å². The molecule has 1 N–H and O–H groups in total. The van der Waals surface area contributed by atoms with Crippen molar-refractivity contribution in [1.82, 2.24) is 0 Å². The van der Waals surface area contributed by atoms with E-state index in [-0.39, 0.29) is 17.0 Å². The van der Waals surface area contributed by atoms with Crippen LogP contribution in [0, 0.1) is 0 Å². The average Bonchev–Trinajstić information content (AvgIpc) is 2.27. The van der Waals surface area contributed by atoms with Gasteiger partial charge in [-0.15, -0.1) is 0 Å². The van der Waals surface area contributed by atoms with E-state index < -0.39 is 22.1 Å². The van der Waals surface area contributed by atoms with Gasteiger partial charge in [-0.1, -0.05) is 12.1 Å². The molecule has 0 aromatic heterocycles. The zero-order valence-corrected chi connectivity index (χ0v) is 11.7. The van der Waals surface area contributed by atoms with Gasteiger partial charge in [-0.2, -0.15) is 0 Å². The summed E-state index contributed by atoms with van der Waals surface area (Å²) in [4.78, 5) is 22.9. The summed E-state index contributed by atoms with van der Waals surface area (Å²) in [5, 5.41) is 0. The summed E-state index contributed by atoms with van der Waals surface area (Å²) in [6.07, 6.45) is 0.103. The normalized spacial score (nSPS) is 12.6. The van der Waals surface area contributed by atoms with Gasteiger partial charge < -0.3 is 4.74 Å². The number of rotatable bonds is 5. The number of anilines is 1. The molecule has 1 atom stereocenters. The summed E-state index contributed by atoms with van der Waals surface area (Å²) >= 11 is 0. The van der Waals surface area contributed by atoms with Crippen LogP contribution in [0.15, 0.2) is 24.3 Å². The van der Waals surface area contributed by atoms with E-state index in [4.69, 9.17) is 4.74 Å². The number of para-hydroxylation sites is 1.